The molecule has 3 heterocycles. The smallest absolute Gasteiger partial charge is 0.0916 e. The van der Waals surface area contributed by atoms with Crippen LogP contribution in [0, 0.1) is 5.92 Å². The second-order valence-corrected chi connectivity index (χ2v) is 6.18. The third-order valence-corrected chi connectivity index (χ3v) is 4.28. The average Bonchev–Trinajstić information content (AvgIpc) is 3.02. The third-order valence-electron chi connectivity index (χ3n) is 4.28. The Balaban J connectivity index is 1.62. The quantitative estimate of drug-likeness (QED) is 0.938. The Hall–Kier alpha value is -1.75. The van der Waals surface area contributed by atoms with Gasteiger partial charge in [0.2, 0.25) is 0 Å². The number of hydrogen-bond donors (Lipinski definition) is 1. The highest BCUT2D eigenvalue weighted by Crippen LogP contribution is 2.22. The standard InChI is InChI=1S/C16H23N5/c1-12(2)21-5-3-4-13(11-21)6-15-9-18-16(10-17-15)14-7-19-20-8-14/h7-10,12-13H,3-6,11H2,1-2H3,(H,19,20)/t13-/m0/s1. The fourth-order valence-corrected chi connectivity index (χ4v) is 3.03. The first-order chi connectivity index (χ1) is 10.2. The summed E-state index contributed by atoms with van der Waals surface area (Å²) in [6.07, 6.45) is 11.0. The Labute approximate surface area is 125 Å². The number of H-pyrrole nitrogens is 1. The van der Waals surface area contributed by atoms with Crippen LogP contribution >= 0.6 is 0 Å². The lowest BCUT2D eigenvalue weighted by atomic mass is 9.93. The monoisotopic (exact) mass is 285 g/mol. The van der Waals surface area contributed by atoms with E-state index in [0.29, 0.717) is 12.0 Å². The molecule has 1 aliphatic rings. The van der Waals surface area contributed by atoms with Crippen LogP contribution in [0.15, 0.2) is 24.8 Å². The molecule has 1 atom stereocenters. The lowest BCUT2D eigenvalue weighted by Crippen LogP contribution is -2.40. The van der Waals surface area contributed by atoms with Gasteiger partial charge in [-0.25, -0.2) is 0 Å². The van der Waals surface area contributed by atoms with E-state index in [4.69, 9.17) is 0 Å². The summed E-state index contributed by atoms with van der Waals surface area (Å²) in [6, 6.07) is 0.641. The fourth-order valence-electron chi connectivity index (χ4n) is 3.03. The molecule has 3 rings (SSSR count). The molecule has 0 saturated carbocycles. The summed E-state index contributed by atoms with van der Waals surface area (Å²) in [5.41, 5.74) is 2.95. The van der Waals surface area contributed by atoms with Crippen molar-refractivity contribution in [3.05, 3.63) is 30.5 Å². The predicted molar refractivity (Wildman–Crippen MR) is 82.8 cm³/mol. The molecule has 0 aliphatic carbocycles. The van der Waals surface area contributed by atoms with E-state index < -0.39 is 0 Å². The van der Waals surface area contributed by atoms with Crippen molar-refractivity contribution in [3.8, 4) is 11.3 Å². The Kier molecular flexibility index (Phi) is 4.29. The first-order valence-corrected chi connectivity index (χ1v) is 7.76. The van der Waals surface area contributed by atoms with E-state index in [-0.39, 0.29) is 0 Å². The van der Waals surface area contributed by atoms with Crippen LogP contribution in [0.2, 0.25) is 0 Å². The van der Waals surface area contributed by atoms with Crippen LogP contribution in [0.1, 0.15) is 32.4 Å². The van der Waals surface area contributed by atoms with E-state index >= 15 is 0 Å². The molecule has 1 saturated heterocycles. The molecule has 5 heteroatoms. The van der Waals surface area contributed by atoms with Crippen LogP contribution in [-0.4, -0.2) is 44.2 Å². The van der Waals surface area contributed by atoms with Gasteiger partial charge in [0, 0.05) is 30.5 Å². The Morgan fingerprint density at radius 1 is 1.29 bits per heavy atom. The fraction of sp³-hybridized carbons (Fsp3) is 0.562. The molecule has 1 aliphatic heterocycles. The summed E-state index contributed by atoms with van der Waals surface area (Å²) >= 11 is 0. The van der Waals surface area contributed by atoms with Crippen LogP contribution in [0.5, 0.6) is 0 Å². The highest BCUT2D eigenvalue weighted by molar-refractivity contribution is 5.55. The molecule has 0 unspecified atom stereocenters. The molecule has 0 radical (unpaired) electrons. The average molecular weight is 285 g/mol. The van der Waals surface area contributed by atoms with Gasteiger partial charge in [0.05, 0.1) is 23.8 Å². The highest BCUT2D eigenvalue weighted by atomic mass is 15.2. The number of likely N-dealkylation sites (tertiary alicyclic amines) is 1. The maximum absolute atomic E-state index is 4.58. The van der Waals surface area contributed by atoms with E-state index in [0.717, 1.165) is 23.4 Å². The van der Waals surface area contributed by atoms with Gasteiger partial charge in [-0.05, 0) is 45.6 Å². The minimum Gasteiger partial charge on any atom is -0.301 e. The van der Waals surface area contributed by atoms with Gasteiger partial charge < -0.3 is 4.90 Å². The van der Waals surface area contributed by atoms with Crippen molar-refractivity contribution < 1.29 is 0 Å². The maximum atomic E-state index is 4.58. The molecule has 112 valence electrons. The van der Waals surface area contributed by atoms with Crippen LogP contribution in [-0.2, 0) is 6.42 Å². The van der Waals surface area contributed by atoms with E-state index in [1.807, 2.05) is 18.6 Å². The number of hydrogen-bond acceptors (Lipinski definition) is 4. The zero-order valence-corrected chi connectivity index (χ0v) is 12.8. The van der Waals surface area contributed by atoms with Gasteiger partial charge in [-0.15, -0.1) is 0 Å². The van der Waals surface area contributed by atoms with Gasteiger partial charge in [-0.2, -0.15) is 5.10 Å². The normalized spacial score (nSPS) is 20.0. The molecule has 5 nitrogen and oxygen atoms in total. The predicted octanol–water partition coefficient (Wildman–Crippen LogP) is 2.53. The second kappa shape index (κ2) is 6.35. The molecular formula is C16H23N5. The molecule has 0 spiro atoms. The number of aromatic nitrogens is 4. The van der Waals surface area contributed by atoms with Crippen LogP contribution in [0.25, 0.3) is 11.3 Å². The third kappa shape index (κ3) is 3.47. The summed E-state index contributed by atoms with van der Waals surface area (Å²) in [6.45, 7) is 6.98. The zero-order chi connectivity index (χ0) is 14.7. The number of aromatic amines is 1. The van der Waals surface area contributed by atoms with Crippen molar-refractivity contribution in [2.24, 2.45) is 5.92 Å². The van der Waals surface area contributed by atoms with Crippen molar-refractivity contribution in [1.82, 2.24) is 25.1 Å². The molecular weight excluding hydrogens is 262 g/mol. The molecule has 1 N–H and O–H groups in total. The van der Waals surface area contributed by atoms with Crippen LogP contribution < -0.4 is 0 Å². The van der Waals surface area contributed by atoms with E-state index in [9.17, 15) is 0 Å². The van der Waals surface area contributed by atoms with Crippen molar-refractivity contribution in [2.45, 2.75) is 39.2 Å². The number of nitrogens with zero attached hydrogens (tertiary/aromatic N) is 4. The summed E-state index contributed by atoms with van der Waals surface area (Å²) in [4.78, 5) is 11.7. The van der Waals surface area contributed by atoms with Gasteiger partial charge >= 0.3 is 0 Å². The maximum Gasteiger partial charge on any atom is 0.0916 e. The summed E-state index contributed by atoms with van der Waals surface area (Å²) in [5, 5.41) is 6.74. The van der Waals surface area contributed by atoms with Gasteiger partial charge in [0.1, 0.15) is 0 Å². The highest BCUT2D eigenvalue weighted by Gasteiger charge is 2.22. The summed E-state index contributed by atoms with van der Waals surface area (Å²) < 4.78 is 0. The van der Waals surface area contributed by atoms with Crippen molar-refractivity contribution in [2.75, 3.05) is 13.1 Å². The number of rotatable bonds is 4. The van der Waals surface area contributed by atoms with E-state index in [1.54, 1.807) is 6.20 Å². The number of piperidine rings is 1. The molecule has 21 heavy (non-hydrogen) atoms. The van der Waals surface area contributed by atoms with Gasteiger partial charge in [-0.3, -0.25) is 15.1 Å². The lowest BCUT2D eigenvalue weighted by molar-refractivity contribution is 0.139. The molecule has 0 aromatic carbocycles. The topological polar surface area (TPSA) is 57.7 Å². The largest absolute Gasteiger partial charge is 0.301 e. The van der Waals surface area contributed by atoms with Crippen LogP contribution in [0.4, 0.5) is 0 Å². The van der Waals surface area contributed by atoms with Gasteiger partial charge in [-0.1, -0.05) is 0 Å². The molecule has 0 amide bonds. The summed E-state index contributed by atoms with van der Waals surface area (Å²) in [5.74, 6) is 0.704. The minimum atomic E-state index is 0.641. The van der Waals surface area contributed by atoms with Gasteiger partial charge in [0.15, 0.2) is 0 Å². The van der Waals surface area contributed by atoms with Crippen molar-refractivity contribution in [1.29, 1.82) is 0 Å². The van der Waals surface area contributed by atoms with Crippen molar-refractivity contribution in [3.63, 3.8) is 0 Å². The Morgan fingerprint density at radius 2 is 2.19 bits per heavy atom. The molecule has 2 aromatic heterocycles. The lowest BCUT2D eigenvalue weighted by Gasteiger charge is -2.35. The Bertz CT molecular complexity index is 547. The zero-order valence-electron chi connectivity index (χ0n) is 12.8. The van der Waals surface area contributed by atoms with Crippen molar-refractivity contribution >= 4 is 0 Å². The molecule has 2 aromatic rings. The van der Waals surface area contributed by atoms with Gasteiger partial charge in [0.25, 0.3) is 0 Å². The first kappa shape index (κ1) is 14.2. The number of nitrogens with one attached hydrogen (secondary N) is 1. The second-order valence-electron chi connectivity index (χ2n) is 6.18. The SMILES string of the molecule is CC(C)N1CCC[C@@H](Cc2cnc(-c3cn[nH]c3)cn2)C1. The summed E-state index contributed by atoms with van der Waals surface area (Å²) in [7, 11) is 0. The first-order valence-electron chi connectivity index (χ1n) is 7.76. The van der Waals surface area contributed by atoms with E-state index in [2.05, 4.69) is 38.9 Å². The molecule has 0 bridgehead atoms. The molecule has 1 fully saturated rings. The van der Waals surface area contributed by atoms with E-state index in [1.165, 1.54) is 25.9 Å². The Morgan fingerprint density at radius 3 is 2.86 bits per heavy atom. The van der Waals surface area contributed by atoms with Crippen LogP contribution in [0.3, 0.4) is 0 Å². The minimum absolute atomic E-state index is 0.641.